The highest BCUT2D eigenvalue weighted by atomic mass is 16.5. The zero-order valence-corrected chi connectivity index (χ0v) is 15.0. The third-order valence-electron chi connectivity index (χ3n) is 6.14. The fourth-order valence-electron chi connectivity index (χ4n) is 4.76. The Kier molecular flexibility index (Phi) is 4.99. The van der Waals surface area contributed by atoms with Gasteiger partial charge in [0.05, 0.1) is 25.5 Å². The summed E-state index contributed by atoms with van der Waals surface area (Å²) in [5.41, 5.74) is 0.353. The second-order valence-corrected chi connectivity index (χ2v) is 7.43. The van der Waals surface area contributed by atoms with E-state index in [2.05, 4.69) is 10.6 Å². The van der Waals surface area contributed by atoms with Gasteiger partial charge in [-0.25, -0.2) is 0 Å². The van der Waals surface area contributed by atoms with E-state index in [-0.39, 0.29) is 0 Å². The molecule has 3 aliphatic rings. The van der Waals surface area contributed by atoms with Crippen molar-refractivity contribution in [2.75, 3.05) is 33.4 Å². The number of nitrogens with one attached hydrogen (secondary N) is 2. The monoisotopic (exact) mass is 347 g/mol. The first-order valence-corrected chi connectivity index (χ1v) is 9.51. The Balaban J connectivity index is 1.36. The molecule has 0 radical (unpaired) electrons. The van der Waals surface area contributed by atoms with Crippen LogP contribution in [0.25, 0.3) is 0 Å². The molecule has 2 aliphatic carbocycles. The van der Waals surface area contributed by atoms with Crippen LogP contribution in [0.15, 0.2) is 27.8 Å². The fourth-order valence-corrected chi connectivity index (χ4v) is 4.76. The van der Waals surface area contributed by atoms with Crippen LogP contribution in [0, 0.1) is 11.3 Å². The van der Waals surface area contributed by atoms with Gasteiger partial charge in [-0.3, -0.25) is 4.99 Å². The molecule has 1 aliphatic heterocycles. The number of methoxy groups -OCH3 is 1. The second-order valence-electron chi connectivity index (χ2n) is 7.43. The maximum atomic E-state index is 6.02. The number of fused-ring (bicyclic) bond motifs is 2. The molecule has 6 heteroatoms. The zero-order valence-electron chi connectivity index (χ0n) is 15.0. The van der Waals surface area contributed by atoms with E-state index in [1.807, 2.05) is 12.1 Å². The highest BCUT2D eigenvalue weighted by molar-refractivity contribution is 5.80. The highest BCUT2D eigenvalue weighted by Crippen LogP contribution is 2.62. The van der Waals surface area contributed by atoms with E-state index in [1.54, 1.807) is 13.4 Å². The van der Waals surface area contributed by atoms with E-state index < -0.39 is 0 Å². The Labute approximate surface area is 149 Å². The van der Waals surface area contributed by atoms with E-state index in [4.69, 9.17) is 18.9 Å². The van der Waals surface area contributed by atoms with Crippen LogP contribution in [0.3, 0.4) is 0 Å². The average molecular weight is 347 g/mol. The summed E-state index contributed by atoms with van der Waals surface area (Å²) in [6.07, 6.45) is 8.10. The van der Waals surface area contributed by atoms with E-state index in [1.165, 1.54) is 25.7 Å². The molecule has 0 bridgehead atoms. The van der Waals surface area contributed by atoms with E-state index >= 15 is 0 Å². The lowest BCUT2D eigenvalue weighted by Gasteiger charge is -2.63. The molecule has 3 atom stereocenters. The Morgan fingerprint density at radius 2 is 2.36 bits per heavy atom. The first kappa shape index (κ1) is 16.9. The second kappa shape index (κ2) is 7.38. The van der Waals surface area contributed by atoms with Crippen molar-refractivity contribution in [2.24, 2.45) is 16.3 Å². The molecule has 2 N–H and O–H groups in total. The molecule has 6 nitrogen and oxygen atoms in total. The molecule has 2 saturated carbocycles. The summed E-state index contributed by atoms with van der Waals surface area (Å²) >= 11 is 0. The lowest BCUT2D eigenvalue weighted by Crippen LogP contribution is -2.72. The Morgan fingerprint density at radius 3 is 3.08 bits per heavy atom. The number of hydrogen-bond acceptors (Lipinski definition) is 4. The molecule has 4 rings (SSSR count). The first-order valence-electron chi connectivity index (χ1n) is 9.51. The molecule has 25 heavy (non-hydrogen) atoms. The average Bonchev–Trinajstić information content (AvgIpc) is 3.21. The summed E-state index contributed by atoms with van der Waals surface area (Å²) in [5, 5.41) is 7.19. The van der Waals surface area contributed by atoms with Crippen LogP contribution >= 0.6 is 0 Å². The Hall–Kier alpha value is -1.53. The fraction of sp³-hybridized carbons (Fsp3) is 0.737. The van der Waals surface area contributed by atoms with Crippen LogP contribution < -0.4 is 10.6 Å². The van der Waals surface area contributed by atoms with E-state index in [0.717, 1.165) is 31.3 Å². The van der Waals surface area contributed by atoms with Crippen molar-refractivity contribution < 1.29 is 13.9 Å². The number of nitrogens with zero attached hydrogens (tertiary/aromatic N) is 1. The maximum absolute atomic E-state index is 6.02. The van der Waals surface area contributed by atoms with Crippen molar-refractivity contribution in [3.63, 3.8) is 0 Å². The summed E-state index contributed by atoms with van der Waals surface area (Å²) in [6.45, 7) is 3.01. The van der Waals surface area contributed by atoms with Crippen molar-refractivity contribution in [1.82, 2.24) is 10.6 Å². The minimum Gasteiger partial charge on any atom is -0.469 e. The van der Waals surface area contributed by atoms with Crippen LogP contribution in [0.5, 0.6) is 0 Å². The Morgan fingerprint density at radius 1 is 1.44 bits per heavy atom. The predicted octanol–water partition coefficient (Wildman–Crippen LogP) is 1.96. The molecule has 3 fully saturated rings. The normalized spacial score (nSPS) is 29.8. The van der Waals surface area contributed by atoms with Crippen molar-refractivity contribution in [3.05, 3.63) is 24.2 Å². The lowest BCUT2D eigenvalue weighted by molar-refractivity contribution is -0.171. The van der Waals surface area contributed by atoms with Gasteiger partial charge in [-0.1, -0.05) is 6.42 Å². The van der Waals surface area contributed by atoms with E-state index in [9.17, 15) is 0 Å². The van der Waals surface area contributed by atoms with Crippen molar-refractivity contribution >= 4 is 5.96 Å². The topological polar surface area (TPSA) is 68.0 Å². The van der Waals surface area contributed by atoms with Crippen LogP contribution in [0.4, 0.5) is 0 Å². The summed E-state index contributed by atoms with van der Waals surface area (Å²) in [7, 11) is 1.71. The number of ether oxygens (including phenoxy) is 2. The number of aliphatic imine (C=N–C) groups is 1. The number of hydrogen-bond donors (Lipinski definition) is 2. The molecule has 138 valence electrons. The summed E-state index contributed by atoms with van der Waals surface area (Å²) in [5.74, 6) is 2.53. The van der Waals surface area contributed by atoms with Gasteiger partial charge in [0.15, 0.2) is 5.96 Å². The smallest absolute Gasteiger partial charge is 0.191 e. The zero-order chi connectivity index (χ0) is 17.1. The molecule has 2 heterocycles. The van der Waals surface area contributed by atoms with Crippen LogP contribution in [-0.2, 0) is 15.9 Å². The highest BCUT2D eigenvalue weighted by Gasteiger charge is 2.66. The molecule has 1 spiro atoms. The summed E-state index contributed by atoms with van der Waals surface area (Å²) in [4.78, 5) is 4.69. The lowest BCUT2D eigenvalue weighted by atomic mass is 9.46. The van der Waals surface area contributed by atoms with Gasteiger partial charge in [0.1, 0.15) is 5.76 Å². The number of furan rings is 1. The van der Waals surface area contributed by atoms with Gasteiger partial charge in [-0.2, -0.15) is 0 Å². The van der Waals surface area contributed by atoms with E-state index in [0.29, 0.717) is 36.6 Å². The molecular weight excluding hydrogens is 318 g/mol. The number of rotatable bonds is 7. The maximum Gasteiger partial charge on any atom is 0.191 e. The molecule has 3 unspecified atom stereocenters. The standard InChI is InChI=1S/C19H29N3O3/c1-23-13-10-21-18(20-9-5-14-4-2-11-24-14)22-16-15-6-12-25-17(15)19(16)7-3-8-19/h2,4,11,15-17H,3,5-10,12-13H2,1H3,(H2,20,21,22). The van der Waals surface area contributed by atoms with Gasteiger partial charge < -0.3 is 24.5 Å². The van der Waals surface area contributed by atoms with Crippen molar-refractivity contribution in [1.29, 1.82) is 0 Å². The van der Waals surface area contributed by atoms with Crippen molar-refractivity contribution in [2.45, 2.75) is 44.2 Å². The summed E-state index contributed by atoms with van der Waals surface area (Å²) in [6, 6.07) is 4.43. The number of guanidine groups is 1. The van der Waals surface area contributed by atoms with Crippen LogP contribution in [0.2, 0.25) is 0 Å². The van der Waals surface area contributed by atoms with Crippen LogP contribution in [0.1, 0.15) is 31.4 Å². The quantitative estimate of drug-likeness (QED) is 0.448. The van der Waals surface area contributed by atoms with Crippen molar-refractivity contribution in [3.8, 4) is 0 Å². The van der Waals surface area contributed by atoms with Gasteiger partial charge in [0.2, 0.25) is 0 Å². The summed E-state index contributed by atoms with van der Waals surface area (Å²) < 4.78 is 16.6. The molecule has 0 amide bonds. The van der Waals surface area contributed by atoms with Gasteiger partial charge in [-0.15, -0.1) is 0 Å². The molecular formula is C19H29N3O3. The molecule has 1 aromatic heterocycles. The third-order valence-corrected chi connectivity index (χ3v) is 6.14. The van der Waals surface area contributed by atoms with Gasteiger partial charge in [0.25, 0.3) is 0 Å². The molecule has 1 saturated heterocycles. The predicted molar refractivity (Wildman–Crippen MR) is 95.6 cm³/mol. The van der Waals surface area contributed by atoms with Crippen LogP contribution in [-0.4, -0.2) is 51.5 Å². The SMILES string of the molecule is COCCN=C(NCCc1ccco1)NC1C2CCOC2C12CCC2. The van der Waals surface area contributed by atoms with Gasteiger partial charge in [-0.05, 0) is 31.4 Å². The largest absolute Gasteiger partial charge is 0.469 e. The Bertz CT molecular complexity index is 583. The first-order chi connectivity index (χ1) is 12.3. The molecule has 0 aromatic carbocycles. The third kappa shape index (κ3) is 3.17. The minimum atomic E-state index is 0.353. The minimum absolute atomic E-state index is 0.353. The van der Waals surface area contributed by atoms with Gasteiger partial charge >= 0.3 is 0 Å². The molecule has 1 aromatic rings. The van der Waals surface area contributed by atoms with Gasteiger partial charge in [0, 0.05) is 44.1 Å².